The van der Waals surface area contributed by atoms with Crippen molar-refractivity contribution in [2.75, 3.05) is 23.3 Å². The number of hydrogen-bond donors (Lipinski definition) is 1. The standard InChI is InChI=1S/C20H21N5O5/c1-13(29-15-7-5-14(6-8-15)25(27)28)20(26)21-16-9-10-17(19-18(16)22-30-23-19)24-11-3-2-4-12-24/h5-10,13H,2-4,11-12H2,1H3,(H,21,26)/t13-/m1/s1. The summed E-state index contributed by atoms with van der Waals surface area (Å²) in [6, 6.07) is 9.25. The zero-order chi connectivity index (χ0) is 21.1. The number of fused-ring (bicyclic) bond motifs is 1. The van der Waals surface area contributed by atoms with Gasteiger partial charge in [-0.25, -0.2) is 4.63 Å². The molecule has 1 amide bonds. The molecule has 1 saturated heterocycles. The van der Waals surface area contributed by atoms with Crippen LogP contribution in [-0.4, -0.2) is 40.3 Å². The second-order valence-corrected chi connectivity index (χ2v) is 7.14. The second-order valence-electron chi connectivity index (χ2n) is 7.14. The summed E-state index contributed by atoms with van der Waals surface area (Å²) in [5.74, 6) is -0.0275. The van der Waals surface area contributed by atoms with Crippen molar-refractivity contribution in [3.8, 4) is 5.75 Å². The number of piperidine rings is 1. The Morgan fingerprint density at radius 3 is 2.53 bits per heavy atom. The molecule has 0 radical (unpaired) electrons. The summed E-state index contributed by atoms with van der Waals surface area (Å²) in [4.78, 5) is 25.1. The van der Waals surface area contributed by atoms with Gasteiger partial charge in [-0.2, -0.15) is 0 Å². The maximum atomic E-state index is 12.6. The van der Waals surface area contributed by atoms with E-state index in [4.69, 9.17) is 9.37 Å². The number of nitrogens with one attached hydrogen (secondary N) is 1. The van der Waals surface area contributed by atoms with Crippen LogP contribution < -0.4 is 15.0 Å². The lowest BCUT2D eigenvalue weighted by Crippen LogP contribution is -2.31. The fraction of sp³-hybridized carbons (Fsp3) is 0.350. The highest BCUT2D eigenvalue weighted by Crippen LogP contribution is 2.31. The van der Waals surface area contributed by atoms with E-state index in [9.17, 15) is 14.9 Å². The van der Waals surface area contributed by atoms with E-state index in [1.807, 2.05) is 6.07 Å². The maximum Gasteiger partial charge on any atom is 0.269 e. The number of hydrogen-bond acceptors (Lipinski definition) is 8. The lowest BCUT2D eigenvalue weighted by atomic mass is 10.1. The smallest absolute Gasteiger partial charge is 0.269 e. The summed E-state index contributed by atoms with van der Waals surface area (Å²) >= 11 is 0. The van der Waals surface area contributed by atoms with Crippen molar-refractivity contribution in [1.29, 1.82) is 0 Å². The third kappa shape index (κ3) is 4.02. The molecule has 2 heterocycles. The molecule has 10 heteroatoms. The molecular formula is C20H21N5O5. The first-order valence-corrected chi connectivity index (χ1v) is 9.75. The molecule has 2 aromatic carbocycles. The molecule has 1 aliphatic heterocycles. The molecule has 1 atom stereocenters. The summed E-state index contributed by atoms with van der Waals surface area (Å²) in [7, 11) is 0. The predicted molar refractivity (Wildman–Crippen MR) is 110 cm³/mol. The highest BCUT2D eigenvalue weighted by molar-refractivity contribution is 6.04. The van der Waals surface area contributed by atoms with Crippen molar-refractivity contribution < 1.29 is 19.1 Å². The monoisotopic (exact) mass is 411 g/mol. The Morgan fingerprint density at radius 1 is 1.13 bits per heavy atom. The SMILES string of the molecule is C[C@@H](Oc1ccc([N+](=O)[O-])cc1)C(=O)Nc1ccc(N2CCCCC2)c2nonc12. The molecule has 1 N–H and O–H groups in total. The first kappa shape index (κ1) is 19.6. The van der Waals surface area contributed by atoms with Gasteiger partial charge in [-0.05, 0) is 60.8 Å². The summed E-state index contributed by atoms with van der Waals surface area (Å²) in [6.45, 7) is 3.50. The number of rotatable bonds is 6. The number of nitro benzene ring substituents is 1. The van der Waals surface area contributed by atoms with Gasteiger partial charge in [0.15, 0.2) is 17.1 Å². The van der Waals surface area contributed by atoms with E-state index >= 15 is 0 Å². The van der Waals surface area contributed by atoms with Gasteiger partial charge >= 0.3 is 0 Å². The zero-order valence-corrected chi connectivity index (χ0v) is 16.4. The van der Waals surface area contributed by atoms with E-state index in [1.54, 1.807) is 13.0 Å². The Balaban J connectivity index is 1.47. The van der Waals surface area contributed by atoms with Gasteiger partial charge in [-0.3, -0.25) is 14.9 Å². The van der Waals surface area contributed by atoms with Gasteiger partial charge < -0.3 is 15.0 Å². The fourth-order valence-corrected chi connectivity index (χ4v) is 3.48. The highest BCUT2D eigenvalue weighted by Gasteiger charge is 2.21. The van der Waals surface area contributed by atoms with Crippen LogP contribution in [0.15, 0.2) is 41.0 Å². The molecule has 0 bridgehead atoms. The van der Waals surface area contributed by atoms with Crippen LogP contribution in [-0.2, 0) is 4.79 Å². The number of carbonyl (C=O) groups is 1. The first-order valence-electron chi connectivity index (χ1n) is 9.75. The number of aromatic nitrogens is 2. The lowest BCUT2D eigenvalue weighted by Gasteiger charge is -2.28. The van der Waals surface area contributed by atoms with Crippen molar-refractivity contribution >= 4 is 34.0 Å². The minimum Gasteiger partial charge on any atom is -0.481 e. The maximum absolute atomic E-state index is 12.6. The summed E-state index contributed by atoms with van der Waals surface area (Å²) in [5.41, 5.74) is 2.47. The Morgan fingerprint density at radius 2 is 1.83 bits per heavy atom. The molecule has 0 unspecified atom stereocenters. The van der Waals surface area contributed by atoms with Crippen molar-refractivity contribution in [3.63, 3.8) is 0 Å². The quantitative estimate of drug-likeness (QED) is 0.483. The predicted octanol–water partition coefficient (Wildman–Crippen LogP) is 3.53. The van der Waals surface area contributed by atoms with Crippen LogP contribution in [0.1, 0.15) is 26.2 Å². The van der Waals surface area contributed by atoms with E-state index in [2.05, 4.69) is 20.5 Å². The minimum absolute atomic E-state index is 0.0471. The van der Waals surface area contributed by atoms with Gasteiger partial charge in [0.2, 0.25) is 0 Å². The van der Waals surface area contributed by atoms with Crippen LogP contribution in [0.3, 0.4) is 0 Å². The molecule has 10 nitrogen and oxygen atoms in total. The second kappa shape index (κ2) is 8.36. The third-order valence-corrected chi connectivity index (χ3v) is 5.08. The van der Waals surface area contributed by atoms with Gasteiger partial charge in [-0.1, -0.05) is 0 Å². The summed E-state index contributed by atoms with van der Waals surface area (Å²) < 4.78 is 10.5. The Labute approximate surface area is 171 Å². The lowest BCUT2D eigenvalue weighted by molar-refractivity contribution is -0.384. The zero-order valence-electron chi connectivity index (χ0n) is 16.4. The van der Waals surface area contributed by atoms with E-state index < -0.39 is 11.0 Å². The molecule has 1 aromatic heterocycles. The minimum atomic E-state index is -0.830. The van der Waals surface area contributed by atoms with Gasteiger partial charge in [-0.15, -0.1) is 0 Å². The molecule has 0 spiro atoms. The van der Waals surface area contributed by atoms with E-state index in [1.165, 1.54) is 30.7 Å². The fourth-order valence-electron chi connectivity index (χ4n) is 3.48. The number of non-ortho nitro benzene ring substituents is 1. The van der Waals surface area contributed by atoms with Crippen LogP contribution in [0.5, 0.6) is 5.75 Å². The molecule has 156 valence electrons. The van der Waals surface area contributed by atoms with Gasteiger partial charge in [0.25, 0.3) is 11.6 Å². The number of nitro groups is 1. The number of carbonyl (C=O) groups excluding carboxylic acids is 1. The first-order chi connectivity index (χ1) is 14.5. The van der Waals surface area contributed by atoms with E-state index in [0.717, 1.165) is 31.6 Å². The van der Waals surface area contributed by atoms with Crippen LogP contribution in [0.4, 0.5) is 17.1 Å². The normalized spacial score (nSPS) is 15.0. The molecule has 0 saturated carbocycles. The summed E-state index contributed by atoms with van der Waals surface area (Å²) in [5, 5.41) is 21.5. The number of ether oxygens (including phenoxy) is 1. The van der Waals surface area contributed by atoms with E-state index in [0.29, 0.717) is 22.5 Å². The van der Waals surface area contributed by atoms with E-state index in [-0.39, 0.29) is 11.6 Å². The molecule has 4 rings (SSSR count). The Kier molecular flexibility index (Phi) is 5.46. The topological polar surface area (TPSA) is 124 Å². The molecule has 30 heavy (non-hydrogen) atoms. The average molecular weight is 411 g/mol. The van der Waals surface area contributed by atoms with Gasteiger partial charge in [0.05, 0.1) is 16.3 Å². The number of benzene rings is 2. The summed E-state index contributed by atoms with van der Waals surface area (Å²) in [6.07, 6.45) is 2.64. The van der Waals surface area contributed by atoms with Crippen molar-refractivity contribution in [1.82, 2.24) is 10.3 Å². The van der Waals surface area contributed by atoms with Crippen LogP contribution in [0.25, 0.3) is 11.0 Å². The number of amides is 1. The number of nitrogens with zero attached hydrogens (tertiary/aromatic N) is 4. The van der Waals surface area contributed by atoms with Crippen molar-refractivity contribution in [3.05, 3.63) is 46.5 Å². The Bertz CT molecular complexity index is 1060. The third-order valence-electron chi connectivity index (χ3n) is 5.08. The van der Waals surface area contributed by atoms with Crippen molar-refractivity contribution in [2.45, 2.75) is 32.3 Å². The van der Waals surface area contributed by atoms with Gasteiger partial charge in [0.1, 0.15) is 5.75 Å². The van der Waals surface area contributed by atoms with Crippen LogP contribution in [0.2, 0.25) is 0 Å². The molecule has 1 fully saturated rings. The van der Waals surface area contributed by atoms with Crippen molar-refractivity contribution in [2.24, 2.45) is 0 Å². The average Bonchev–Trinajstić information content (AvgIpc) is 3.25. The molecule has 0 aliphatic carbocycles. The van der Waals surface area contributed by atoms with Gasteiger partial charge in [0, 0.05) is 25.2 Å². The molecular weight excluding hydrogens is 390 g/mol. The molecule has 3 aromatic rings. The van der Waals surface area contributed by atoms with Crippen LogP contribution in [0, 0.1) is 10.1 Å². The van der Waals surface area contributed by atoms with Crippen LogP contribution >= 0.6 is 0 Å². The number of anilines is 2. The largest absolute Gasteiger partial charge is 0.481 e. The highest BCUT2D eigenvalue weighted by atomic mass is 16.6. The Hall–Kier alpha value is -3.69. The molecule has 1 aliphatic rings.